The van der Waals surface area contributed by atoms with Gasteiger partial charge in [0.15, 0.2) is 6.40 Å². The zero-order chi connectivity index (χ0) is 4.83. The highest BCUT2D eigenvalue weighted by Crippen LogP contribution is 1.59. The maximum atomic E-state index is 4.61. The standard InChI is InChI=1S/C3H6N2O/c1-2-6-3-5-4/h2-3H,1,4H2/b5-3-. The van der Waals surface area contributed by atoms with Gasteiger partial charge in [-0.3, -0.25) is 0 Å². The van der Waals surface area contributed by atoms with E-state index in [1.165, 1.54) is 6.26 Å². The molecule has 0 aliphatic heterocycles. The molecule has 0 rings (SSSR count). The molecule has 0 aromatic carbocycles. The molecule has 0 heterocycles. The maximum absolute atomic E-state index is 4.61. The van der Waals surface area contributed by atoms with Gasteiger partial charge in [0.25, 0.3) is 0 Å². The average molecular weight is 86.1 g/mol. The number of nitrogens with zero attached hydrogens (tertiary/aromatic N) is 1. The zero-order valence-electron chi connectivity index (χ0n) is 3.29. The van der Waals surface area contributed by atoms with E-state index in [-0.39, 0.29) is 0 Å². The highest BCUT2D eigenvalue weighted by Gasteiger charge is 1.54. The van der Waals surface area contributed by atoms with Crippen LogP contribution >= 0.6 is 0 Å². The molecule has 0 saturated heterocycles. The first-order chi connectivity index (χ1) is 2.91. The van der Waals surface area contributed by atoms with Crippen molar-refractivity contribution < 1.29 is 4.74 Å². The van der Waals surface area contributed by atoms with E-state index in [0.717, 1.165) is 6.40 Å². The monoisotopic (exact) mass is 86.0 g/mol. The highest BCUT2D eigenvalue weighted by atomic mass is 16.5. The Kier molecular flexibility index (Phi) is 3.35. The number of hydrazone groups is 1. The molecule has 2 N–H and O–H groups in total. The summed E-state index contributed by atoms with van der Waals surface area (Å²) in [6.45, 7) is 3.23. The third-order valence-electron chi connectivity index (χ3n) is 0.218. The van der Waals surface area contributed by atoms with Crippen molar-refractivity contribution in [3.8, 4) is 0 Å². The van der Waals surface area contributed by atoms with Crippen LogP contribution in [0.25, 0.3) is 0 Å². The second-order valence-electron chi connectivity index (χ2n) is 0.557. The summed E-state index contributed by atoms with van der Waals surface area (Å²) in [6, 6.07) is 0. The number of rotatable bonds is 2. The van der Waals surface area contributed by atoms with E-state index < -0.39 is 0 Å². The van der Waals surface area contributed by atoms with Gasteiger partial charge >= 0.3 is 0 Å². The Morgan fingerprint density at radius 2 is 2.50 bits per heavy atom. The summed E-state index contributed by atoms with van der Waals surface area (Å²) >= 11 is 0. The summed E-state index contributed by atoms with van der Waals surface area (Å²) < 4.78 is 4.33. The molecule has 0 aliphatic rings. The molecule has 0 aliphatic carbocycles. The lowest BCUT2D eigenvalue weighted by Crippen LogP contribution is -1.81. The number of ether oxygens (including phenoxy) is 1. The van der Waals surface area contributed by atoms with Gasteiger partial charge in [-0.05, 0) is 0 Å². The van der Waals surface area contributed by atoms with Crippen LogP contribution in [0, 0.1) is 0 Å². The minimum Gasteiger partial charge on any atom is -0.452 e. The van der Waals surface area contributed by atoms with E-state index in [0.29, 0.717) is 0 Å². The molecule has 0 saturated carbocycles. The summed E-state index contributed by atoms with van der Waals surface area (Å²) in [6.07, 6.45) is 2.32. The third kappa shape index (κ3) is 3.01. The van der Waals surface area contributed by atoms with Gasteiger partial charge < -0.3 is 10.6 Å². The molecule has 0 spiro atoms. The van der Waals surface area contributed by atoms with Crippen LogP contribution in [-0.4, -0.2) is 6.40 Å². The Labute approximate surface area is 36.1 Å². The average Bonchev–Trinajstić information content (AvgIpc) is 1.61. The van der Waals surface area contributed by atoms with E-state index >= 15 is 0 Å². The van der Waals surface area contributed by atoms with E-state index in [9.17, 15) is 0 Å². The second-order valence-corrected chi connectivity index (χ2v) is 0.557. The highest BCUT2D eigenvalue weighted by molar-refractivity contribution is 5.46. The van der Waals surface area contributed by atoms with Crippen molar-refractivity contribution in [3.63, 3.8) is 0 Å². The lowest BCUT2D eigenvalue weighted by atomic mass is 11.1. The Morgan fingerprint density at radius 3 is 2.67 bits per heavy atom. The molecule has 3 nitrogen and oxygen atoms in total. The molecule has 6 heavy (non-hydrogen) atoms. The quantitative estimate of drug-likeness (QED) is 0.170. The lowest BCUT2D eigenvalue weighted by Gasteiger charge is -1.78. The summed E-state index contributed by atoms with van der Waals surface area (Å²) in [5.41, 5.74) is 0. The predicted octanol–water partition coefficient (Wildman–Crippen LogP) is 0.0485. The first-order valence-electron chi connectivity index (χ1n) is 1.40. The lowest BCUT2D eigenvalue weighted by molar-refractivity contribution is 0.494. The molecule has 0 amide bonds. The van der Waals surface area contributed by atoms with E-state index in [2.05, 4.69) is 22.3 Å². The van der Waals surface area contributed by atoms with Crippen molar-refractivity contribution in [1.29, 1.82) is 0 Å². The molecule has 3 heteroatoms. The van der Waals surface area contributed by atoms with Gasteiger partial charge in [0.1, 0.15) is 0 Å². The van der Waals surface area contributed by atoms with Crippen molar-refractivity contribution in [1.82, 2.24) is 0 Å². The van der Waals surface area contributed by atoms with Crippen LogP contribution in [0.2, 0.25) is 0 Å². The molecular formula is C3H6N2O. The first kappa shape index (κ1) is 5.01. The van der Waals surface area contributed by atoms with Gasteiger partial charge in [0.2, 0.25) is 0 Å². The number of hydrogen-bond acceptors (Lipinski definition) is 3. The molecule has 0 radical (unpaired) electrons. The fraction of sp³-hybridized carbons (Fsp3) is 0. The molecule has 0 bridgehead atoms. The smallest absolute Gasteiger partial charge is 0.197 e. The minimum absolute atomic E-state index is 1.09. The molecule has 0 atom stereocenters. The molecule has 34 valence electrons. The van der Waals surface area contributed by atoms with E-state index in [1.54, 1.807) is 0 Å². The van der Waals surface area contributed by atoms with Crippen molar-refractivity contribution in [2.24, 2.45) is 10.9 Å². The van der Waals surface area contributed by atoms with Gasteiger partial charge in [0, 0.05) is 0 Å². The number of hydrogen-bond donors (Lipinski definition) is 1. The van der Waals surface area contributed by atoms with Crippen molar-refractivity contribution in [2.45, 2.75) is 0 Å². The van der Waals surface area contributed by atoms with Gasteiger partial charge in [-0.15, -0.1) is 0 Å². The van der Waals surface area contributed by atoms with Crippen LogP contribution in [0.15, 0.2) is 17.9 Å². The Morgan fingerprint density at radius 1 is 1.83 bits per heavy atom. The fourth-order valence-electron chi connectivity index (χ4n) is 0.0782. The Balaban J connectivity index is 2.85. The van der Waals surface area contributed by atoms with Crippen LogP contribution in [0.3, 0.4) is 0 Å². The molecule has 0 aromatic rings. The SMILES string of the molecule is C=CO/C=N\N. The second kappa shape index (κ2) is 4.01. The molecule has 0 unspecified atom stereocenters. The van der Waals surface area contributed by atoms with Gasteiger partial charge in [-0.2, -0.15) is 5.10 Å². The van der Waals surface area contributed by atoms with Crippen LogP contribution in [0.4, 0.5) is 0 Å². The topological polar surface area (TPSA) is 47.6 Å². The maximum Gasteiger partial charge on any atom is 0.197 e. The van der Waals surface area contributed by atoms with Gasteiger partial charge in [-0.25, -0.2) is 0 Å². The largest absolute Gasteiger partial charge is 0.452 e. The van der Waals surface area contributed by atoms with Crippen molar-refractivity contribution in [2.75, 3.05) is 0 Å². The summed E-state index contributed by atoms with van der Waals surface area (Å²) in [7, 11) is 0. The first-order valence-corrected chi connectivity index (χ1v) is 1.40. The predicted molar refractivity (Wildman–Crippen MR) is 24.0 cm³/mol. The van der Waals surface area contributed by atoms with Crippen molar-refractivity contribution >= 4 is 6.40 Å². The van der Waals surface area contributed by atoms with Crippen molar-refractivity contribution in [3.05, 3.63) is 12.8 Å². The molecule has 0 aromatic heterocycles. The zero-order valence-corrected chi connectivity index (χ0v) is 3.29. The fourth-order valence-corrected chi connectivity index (χ4v) is 0.0782. The summed E-state index contributed by atoms with van der Waals surface area (Å²) in [5.74, 6) is 4.61. The van der Waals surface area contributed by atoms with E-state index in [4.69, 9.17) is 0 Å². The van der Waals surface area contributed by atoms with Gasteiger partial charge in [0.05, 0.1) is 6.26 Å². The van der Waals surface area contributed by atoms with Crippen LogP contribution < -0.4 is 5.84 Å². The summed E-state index contributed by atoms with van der Waals surface area (Å²) in [5, 5.41) is 3.01. The minimum atomic E-state index is 1.09. The normalized spacial score (nSPS) is 8.67. The van der Waals surface area contributed by atoms with E-state index in [1.807, 2.05) is 0 Å². The molecule has 0 fully saturated rings. The van der Waals surface area contributed by atoms with Crippen LogP contribution in [0.1, 0.15) is 0 Å². The number of nitrogens with two attached hydrogens (primary N) is 1. The third-order valence-corrected chi connectivity index (χ3v) is 0.218. The Hall–Kier alpha value is -0.990. The van der Waals surface area contributed by atoms with Crippen LogP contribution in [-0.2, 0) is 4.74 Å². The molecular weight excluding hydrogens is 80.0 g/mol. The van der Waals surface area contributed by atoms with Gasteiger partial charge in [-0.1, -0.05) is 6.58 Å². The summed E-state index contributed by atoms with van der Waals surface area (Å²) in [4.78, 5) is 0. The van der Waals surface area contributed by atoms with Crippen LogP contribution in [0.5, 0.6) is 0 Å². The Bertz CT molecular complexity index is 59.8.